The summed E-state index contributed by atoms with van der Waals surface area (Å²) in [7, 11) is 1.61. The van der Waals surface area contributed by atoms with Crippen molar-refractivity contribution in [3.8, 4) is 5.75 Å². The minimum atomic E-state index is -0.185. The van der Waals surface area contributed by atoms with Crippen LogP contribution in [0.1, 0.15) is 35.6 Å². The van der Waals surface area contributed by atoms with Gasteiger partial charge in [-0.3, -0.25) is 14.2 Å². The Kier molecular flexibility index (Phi) is 5.34. The zero-order chi connectivity index (χ0) is 22.5. The summed E-state index contributed by atoms with van der Waals surface area (Å²) in [6.07, 6.45) is 3.91. The van der Waals surface area contributed by atoms with E-state index in [1.807, 2.05) is 36.0 Å². The Morgan fingerprint density at radius 1 is 1.09 bits per heavy atom. The number of fused-ring (bicyclic) bond motifs is 6. The highest BCUT2D eigenvalue weighted by atomic mass is 32.2. The third-order valence-electron chi connectivity index (χ3n) is 7.52. The van der Waals surface area contributed by atoms with Crippen LogP contribution in [0.5, 0.6) is 5.75 Å². The van der Waals surface area contributed by atoms with Crippen LogP contribution in [0, 0.1) is 17.8 Å². The van der Waals surface area contributed by atoms with Gasteiger partial charge in [0.1, 0.15) is 12.3 Å². The van der Waals surface area contributed by atoms with Crippen molar-refractivity contribution in [1.82, 2.24) is 4.57 Å². The van der Waals surface area contributed by atoms with Gasteiger partial charge in [-0.2, -0.15) is 0 Å². The molecule has 4 unspecified atom stereocenters. The van der Waals surface area contributed by atoms with E-state index in [0.29, 0.717) is 16.9 Å². The Bertz CT molecular complexity index is 1230. The lowest BCUT2D eigenvalue weighted by atomic mass is 9.75. The molecule has 1 amide bonds. The highest BCUT2D eigenvalue weighted by Gasteiger charge is 2.55. The van der Waals surface area contributed by atoms with Crippen molar-refractivity contribution in [2.24, 2.45) is 17.8 Å². The van der Waals surface area contributed by atoms with Crippen molar-refractivity contribution in [3.05, 3.63) is 74.7 Å². The standard InChI is InChI=1S/C26H26N2O3S2/c1-31-19-11-9-18(10-12-19)27-20(29)14-28-25-24(33-26(28)30)21(15-5-3-2-4-6-15)22-16-7-8-17(13-16)23(22)32-25/h2-6,9-12,16-17,21-23H,7-8,13-14H2,1H3,(H,27,29)/t16?,17?,21-,22?,23?/m0/s1. The van der Waals surface area contributed by atoms with Gasteiger partial charge in [0.2, 0.25) is 5.91 Å². The molecule has 3 aliphatic rings. The molecule has 0 saturated heterocycles. The van der Waals surface area contributed by atoms with Crippen molar-refractivity contribution in [1.29, 1.82) is 0 Å². The average Bonchev–Trinajstić information content (AvgIpc) is 3.53. The summed E-state index contributed by atoms with van der Waals surface area (Å²) in [5.41, 5.74) is 2.00. The number of aromatic nitrogens is 1. The molecule has 2 heterocycles. The predicted molar refractivity (Wildman–Crippen MR) is 132 cm³/mol. The summed E-state index contributed by atoms with van der Waals surface area (Å²) in [4.78, 5) is 27.1. The Labute approximate surface area is 201 Å². The summed E-state index contributed by atoms with van der Waals surface area (Å²) in [6, 6.07) is 17.9. The lowest BCUT2D eigenvalue weighted by molar-refractivity contribution is -0.116. The van der Waals surface area contributed by atoms with Crippen LogP contribution < -0.4 is 14.9 Å². The van der Waals surface area contributed by atoms with Crippen molar-refractivity contribution >= 4 is 34.7 Å². The topological polar surface area (TPSA) is 60.3 Å². The Hall–Kier alpha value is -2.51. The van der Waals surface area contributed by atoms with E-state index < -0.39 is 0 Å². The normalized spacial score (nSPS) is 27.1. The van der Waals surface area contributed by atoms with E-state index in [1.54, 1.807) is 11.7 Å². The Morgan fingerprint density at radius 2 is 1.85 bits per heavy atom. The monoisotopic (exact) mass is 478 g/mol. The van der Waals surface area contributed by atoms with Gasteiger partial charge in [-0.05, 0) is 66.8 Å². The van der Waals surface area contributed by atoms with Gasteiger partial charge in [-0.15, -0.1) is 11.8 Å². The van der Waals surface area contributed by atoms with Crippen LogP contribution >= 0.6 is 23.1 Å². The molecule has 2 fully saturated rings. The molecule has 7 heteroatoms. The molecule has 5 atom stereocenters. The van der Waals surface area contributed by atoms with Crippen molar-refractivity contribution in [3.63, 3.8) is 0 Å². The third kappa shape index (κ3) is 3.62. The fourth-order valence-corrected chi connectivity index (χ4v) is 9.29. The van der Waals surface area contributed by atoms with Crippen LogP contribution in [0.4, 0.5) is 5.69 Å². The smallest absolute Gasteiger partial charge is 0.308 e. The number of nitrogens with one attached hydrogen (secondary N) is 1. The Balaban J connectivity index is 1.33. The summed E-state index contributed by atoms with van der Waals surface area (Å²) >= 11 is 3.21. The van der Waals surface area contributed by atoms with Crippen LogP contribution in [0.15, 0.2) is 64.4 Å². The van der Waals surface area contributed by atoms with Gasteiger partial charge in [0.25, 0.3) is 0 Å². The number of hydrogen-bond donors (Lipinski definition) is 1. The van der Waals surface area contributed by atoms with Crippen molar-refractivity contribution in [2.45, 2.75) is 42.0 Å². The molecule has 1 aliphatic heterocycles. The first-order valence-electron chi connectivity index (χ1n) is 11.5. The van der Waals surface area contributed by atoms with Gasteiger partial charge in [0.05, 0.1) is 12.1 Å². The fraction of sp³-hybridized carbons (Fsp3) is 0.385. The number of carbonyl (C=O) groups excluding carboxylic acids is 1. The minimum Gasteiger partial charge on any atom is -0.497 e. The highest BCUT2D eigenvalue weighted by molar-refractivity contribution is 8.00. The van der Waals surface area contributed by atoms with Crippen LogP contribution in [0.3, 0.4) is 0 Å². The van der Waals surface area contributed by atoms with Crippen LogP contribution in [0.2, 0.25) is 0 Å². The maximum absolute atomic E-state index is 13.1. The van der Waals surface area contributed by atoms with Gasteiger partial charge in [-0.25, -0.2) is 0 Å². The van der Waals surface area contributed by atoms with Crippen LogP contribution in [-0.2, 0) is 11.3 Å². The molecule has 2 aliphatic carbocycles. The quantitative estimate of drug-likeness (QED) is 0.547. The van der Waals surface area contributed by atoms with Crippen molar-refractivity contribution < 1.29 is 9.53 Å². The number of thioether (sulfide) groups is 1. The molecule has 2 aromatic carbocycles. The number of benzene rings is 2. The van der Waals surface area contributed by atoms with E-state index in [-0.39, 0.29) is 23.2 Å². The highest BCUT2D eigenvalue weighted by Crippen LogP contribution is 2.63. The molecule has 0 radical (unpaired) electrons. The van der Waals surface area contributed by atoms with Gasteiger partial charge in [-0.1, -0.05) is 41.7 Å². The molecule has 2 bridgehead atoms. The number of methoxy groups -OCH3 is 1. The number of ether oxygens (including phenoxy) is 1. The first-order chi connectivity index (χ1) is 16.1. The second-order valence-corrected chi connectivity index (χ2v) is 11.4. The molecule has 2 saturated carbocycles. The largest absolute Gasteiger partial charge is 0.497 e. The lowest BCUT2D eigenvalue weighted by Crippen LogP contribution is -2.34. The molecule has 6 rings (SSSR count). The van der Waals surface area contributed by atoms with Gasteiger partial charge in [0, 0.05) is 21.7 Å². The third-order valence-corrected chi connectivity index (χ3v) is 10.4. The van der Waals surface area contributed by atoms with E-state index in [9.17, 15) is 9.59 Å². The minimum absolute atomic E-state index is 0.0365. The van der Waals surface area contributed by atoms with Crippen molar-refractivity contribution in [2.75, 3.05) is 12.4 Å². The summed E-state index contributed by atoms with van der Waals surface area (Å²) < 4.78 is 6.89. The van der Waals surface area contributed by atoms with E-state index >= 15 is 0 Å². The van der Waals surface area contributed by atoms with Crippen LogP contribution in [0.25, 0.3) is 0 Å². The number of anilines is 1. The predicted octanol–water partition coefficient (Wildman–Crippen LogP) is 5.21. The molecule has 5 nitrogen and oxygen atoms in total. The number of rotatable bonds is 5. The molecule has 3 aromatic rings. The fourth-order valence-electron chi connectivity index (χ4n) is 6.14. The Morgan fingerprint density at radius 3 is 2.61 bits per heavy atom. The molecule has 1 N–H and O–H groups in total. The van der Waals surface area contributed by atoms with Gasteiger partial charge in [0.15, 0.2) is 0 Å². The zero-order valence-corrected chi connectivity index (χ0v) is 20.0. The van der Waals surface area contributed by atoms with Gasteiger partial charge < -0.3 is 10.1 Å². The maximum atomic E-state index is 13.1. The molecular weight excluding hydrogens is 452 g/mol. The van der Waals surface area contributed by atoms with E-state index in [0.717, 1.165) is 27.5 Å². The maximum Gasteiger partial charge on any atom is 0.308 e. The van der Waals surface area contributed by atoms with E-state index in [2.05, 4.69) is 35.6 Å². The zero-order valence-electron chi connectivity index (χ0n) is 18.4. The second kappa shape index (κ2) is 8.37. The first kappa shape index (κ1) is 21.1. The molecule has 170 valence electrons. The molecule has 33 heavy (non-hydrogen) atoms. The lowest BCUT2D eigenvalue weighted by Gasteiger charge is -2.40. The number of carbonyl (C=O) groups is 1. The average molecular weight is 479 g/mol. The SMILES string of the molecule is COc1ccc(NC(=O)Cn2c3c(sc2=O)[C@@H](c2ccccc2)C2C4CCC(C4)C2S3)cc1. The summed E-state index contributed by atoms with van der Waals surface area (Å²) in [5.74, 6) is 2.86. The second-order valence-electron chi connectivity index (χ2n) is 9.28. The number of hydrogen-bond acceptors (Lipinski definition) is 5. The van der Waals surface area contributed by atoms with E-state index in [4.69, 9.17) is 4.74 Å². The molecular formula is C26H26N2O3S2. The summed E-state index contributed by atoms with van der Waals surface area (Å²) in [6.45, 7) is 0.0384. The van der Waals surface area contributed by atoms with Crippen LogP contribution in [-0.4, -0.2) is 22.8 Å². The summed E-state index contributed by atoms with van der Waals surface area (Å²) in [5, 5.41) is 4.47. The van der Waals surface area contributed by atoms with E-state index in [1.165, 1.54) is 36.2 Å². The first-order valence-corrected chi connectivity index (χ1v) is 13.2. The number of amides is 1. The molecule has 1 aromatic heterocycles. The van der Waals surface area contributed by atoms with Gasteiger partial charge >= 0.3 is 4.87 Å². The molecule has 0 spiro atoms. The number of nitrogens with zero attached hydrogens (tertiary/aromatic N) is 1. The number of thiazole rings is 1.